The highest BCUT2D eigenvalue weighted by Crippen LogP contribution is 2.26. The van der Waals surface area contributed by atoms with Gasteiger partial charge in [-0.2, -0.15) is 0 Å². The van der Waals surface area contributed by atoms with E-state index >= 15 is 0 Å². The quantitative estimate of drug-likeness (QED) is 0.861. The van der Waals surface area contributed by atoms with Gasteiger partial charge in [-0.05, 0) is 39.3 Å². The van der Waals surface area contributed by atoms with Crippen LogP contribution in [0.25, 0.3) is 10.9 Å². The topological polar surface area (TPSA) is 25.2 Å². The second-order valence-electron chi connectivity index (χ2n) is 5.37. The Morgan fingerprint density at radius 2 is 2.00 bits per heavy atom. The van der Waals surface area contributed by atoms with Crippen LogP contribution in [-0.2, 0) is 13.0 Å². The number of rotatable bonds is 3. The van der Waals surface area contributed by atoms with Crippen LogP contribution in [0.1, 0.15) is 32.0 Å². The van der Waals surface area contributed by atoms with Gasteiger partial charge in [0.2, 0.25) is 0 Å². The van der Waals surface area contributed by atoms with Crippen molar-refractivity contribution in [2.45, 2.75) is 46.3 Å². The van der Waals surface area contributed by atoms with Crippen LogP contribution in [0.2, 0.25) is 0 Å². The summed E-state index contributed by atoms with van der Waals surface area (Å²) in [5.41, 5.74) is 3.12. The molecule has 0 aliphatic heterocycles. The maximum Gasteiger partial charge on any atom is 0.0632 e. The van der Waals surface area contributed by atoms with E-state index in [1.165, 1.54) is 22.2 Å². The summed E-state index contributed by atoms with van der Waals surface area (Å²) >= 11 is 0. The van der Waals surface area contributed by atoms with Crippen molar-refractivity contribution in [3.05, 3.63) is 35.5 Å². The molecule has 0 spiro atoms. The van der Waals surface area contributed by atoms with Crippen LogP contribution in [0, 0.1) is 6.92 Å². The summed E-state index contributed by atoms with van der Waals surface area (Å²) in [6, 6.07) is 8.55. The van der Waals surface area contributed by atoms with E-state index in [1.807, 2.05) is 13.8 Å². The predicted molar refractivity (Wildman–Crippen MR) is 72.4 cm³/mol. The van der Waals surface area contributed by atoms with E-state index < -0.39 is 5.60 Å². The molecule has 1 N–H and O–H groups in total. The van der Waals surface area contributed by atoms with E-state index in [2.05, 4.69) is 42.7 Å². The number of benzene rings is 1. The van der Waals surface area contributed by atoms with Gasteiger partial charge in [-0.1, -0.05) is 18.2 Å². The Kier molecular flexibility index (Phi) is 3.00. The van der Waals surface area contributed by atoms with Crippen molar-refractivity contribution in [1.29, 1.82) is 0 Å². The number of para-hydroxylation sites is 1. The molecule has 1 aromatic carbocycles. The molecule has 1 aromatic heterocycles. The summed E-state index contributed by atoms with van der Waals surface area (Å²) in [5, 5.41) is 11.3. The molecule has 0 saturated heterocycles. The lowest BCUT2D eigenvalue weighted by Crippen LogP contribution is -2.22. The van der Waals surface area contributed by atoms with Crippen molar-refractivity contribution in [3.8, 4) is 0 Å². The standard InChI is InChI=1S/C15H21NO/c1-5-16-11(2)9-12-7-6-8-13(14(12)16)10-15(3,4)17/h6-9,17H,5,10H2,1-4H3. The van der Waals surface area contributed by atoms with Gasteiger partial charge in [-0.25, -0.2) is 0 Å². The lowest BCUT2D eigenvalue weighted by atomic mass is 9.97. The Hall–Kier alpha value is -1.28. The van der Waals surface area contributed by atoms with E-state index in [0.717, 1.165) is 6.54 Å². The summed E-state index contributed by atoms with van der Waals surface area (Å²) in [6.45, 7) is 8.98. The third-order valence-electron chi connectivity index (χ3n) is 3.15. The number of aliphatic hydroxyl groups is 1. The third kappa shape index (κ3) is 2.37. The average molecular weight is 231 g/mol. The second kappa shape index (κ2) is 4.19. The first-order valence-electron chi connectivity index (χ1n) is 6.22. The van der Waals surface area contributed by atoms with Gasteiger partial charge in [0, 0.05) is 24.0 Å². The fourth-order valence-corrected chi connectivity index (χ4v) is 2.55. The summed E-state index contributed by atoms with van der Waals surface area (Å²) in [4.78, 5) is 0. The second-order valence-corrected chi connectivity index (χ2v) is 5.37. The number of hydrogen-bond donors (Lipinski definition) is 1. The normalized spacial score (nSPS) is 12.3. The minimum absolute atomic E-state index is 0.662. The molecule has 0 fully saturated rings. The Bertz CT molecular complexity index is 532. The Labute approximate surface area is 103 Å². The molecule has 2 heteroatoms. The zero-order chi connectivity index (χ0) is 12.6. The summed E-state index contributed by atoms with van der Waals surface area (Å²) in [5.74, 6) is 0. The molecule has 1 heterocycles. The van der Waals surface area contributed by atoms with Crippen LogP contribution in [0.4, 0.5) is 0 Å². The first-order valence-corrected chi connectivity index (χ1v) is 6.22. The molecule has 17 heavy (non-hydrogen) atoms. The third-order valence-corrected chi connectivity index (χ3v) is 3.15. The maximum atomic E-state index is 9.99. The van der Waals surface area contributed by atoms with Crippen molar-refractivity contribution in [1.82, 2.24) is 4.57 Å². The van der Waals surface area contributed by atoms with E-state index in [0.29, 0.717) is 6.42 Å². The summed E-state index contributed by atoms with van der Waals surface area (Å²) in [6.07, 6.45) is 0.688. The molecule has 0 bridgehead atoms. The first-order chi connectivity index (χ1) is 7.92. The predicted octanol–water partition coefficient (Wildman–Crippen LogP) is 3.28. The fraction of sp³-hybridized carbons (Fsp3) is 0.467. The van der Waals surface area contributed by atoms with Gasteiger partial charge >= 0.3 is 0 Å². The molecule has 0 aliphatic carbocycles. The minimum atomic E-state index is -0.662. The number of aromatic nitrogens is 1. The van der Waals surface area contributed by atoms with Crippen LogP contribution in [0.3, 0.4) is 0 Å². The maximum absolute atomic E-state index is 9.99. The van der Waals surface area contributed by atoms with Crippen LogP contribution < -0.4 is 0 Å². The van der Waals surface area contributed by atoms with Gasteiger partial charge in [0.05, 0.1) is 11.1 Å². The molecule has 2 aromatic rings. The highest BCUT2D eigenvalue weighted by atomic mass is 16.3. The highest BCUT2D eigenvalue weighted by Gasteiger charge is 2.17. The van der Waals surface area contributed by atoms with E-state index in [-0.39, 0.29) is 0 Å². The lowest BCUT2D eigenvalue weighted by Gasteiger charge is -2.18. The van der Waals surface area contributed by atoms with Crippen molar-refractivity contribution < 1.29 is 5.11 Å². The fourth-order valence-electron chi connectivity index (χ4n) is 2.55. The lowest BCUT2D eigenvalue weighted by molar-refractivity contribution is 0.0812. The molecular weight excluding hydrogens is 210 g/mol. The van der Waals surface area contributed by atoms with Gasteiger partial charge in [-0.15, -0.1) is 0 Å². The Balaban J connectivity index is 2.63. The van der Waals surface area contributed by atoms with Gasteiger partial charge in [0.15, 0.2) is 0 Å². The molecular formula is C15H21NO. The molecule has 92 valence electrons. The molecule has 0 aliphatic rings. The molecule has 2 rings (SSSR count). The highest BCUT2D eigenvalue weighted by molar-refractivity contribution is 5.84. The smallest absolute Gasteiger partial charge is 0.0632 e. The van der Waals surface area contributed by atoms with E-state index in [9.17, 15) is 5.11 Å². The largest absolute Gasteiger partial charge is 0.390 e. The first kappa shape index (κ1) is 12.2. The van der Waals surface area contributed by atoms with E-state index in [4.69, 9.17) is 0 Å². The molecule has 0 unspecified atom stereocenters. The molecule has 2 nitrogen and oxygen atoms in total. The van der Waals surface area contributed by atoms with Crippen LogP contribution in [-0.4, -0.2) is 15.3 Å². The van der Waals surface area contributed by atoms with Gasteiger partial charge in [0.25, 0.3) is 0 Å². The molecule has 0 saturated carbocycles. The van der Waals surface area contributed by atoms with E-state index in [1.54, 1.807) is 0 Å². The van der Waals surface area contributed by atoms with Crippen LogP contribution >= 0.6 is 0 Å². The Morgan fingerprint density at radius 1 is 1.29 bits per heavy atom. The van der Waals surface area contributed by atoms with Crippen molar-refractivity contribution in [3.63, 3.8) is 0 Å². The monoisotopic (exact) mass is 231 g/mol. The van der Waals surface area contributed by atoms with Crippen LogP contribution in [0.5, 0.6) is 0 Å². The Morgan fingerprint density at radius 3 is 2.59 bits per heavy atom. The van der Waals surface area contributed by atoms with Gasteiger partial charge in [-0.3, -0.25) is 0 Å². The minimum Gasteiger partial charge on any atom is -0.390 e. The summed E-state index contributed by atoms with van der Waals surface area (Å²) in [7, 11) is 0. The molecule has 0 atom stereocenters. The van der Waals surface area contributed by atoms with Crippen LogP contribution in [0.15, 0.2) is 24.3 Å². The van der Waals surface area contributed by atoms with Crippen molar-refractivity contribution >= 4 is 10.9 Å². The van der Waals surface area contributed by atoms with Crippen molar-refractivity contribution in [2.24, 2.45) is 0 Å². The SMILES string of the molecule is CCn1c(C)cc2cccc(CC(C)(C)O)c21. The van der Waals surface area contributed by atoms with Crippen molar-refractivity contribution in [2.75, 3.05) is 0 Å². The van der Waals surface area contributed by atoms with Gasteiger partial charge < -0.3 is 9.67 Å². The molecule has 0 radical (unpaired) electrons. The number of fused-ring (bicyclic) bond motifs is 1. The zero-order valence-corrected chi connectivity index (χ0v) is 11.1. The molecule has 0 amide bonds. The number of nitrogens with zero attached hydrogens (tertiary/aromatic N) is 1. The van der Waals surface area contributed by atoms with Gasteiger partial charge in [0.1, 0.15) is 0 Å². The zero-order valence-electron chi connectivity index (χ0n) is 11.1. The summed E-state index contributed by atoms with van der Waals surface area (Å²) < 4.78 is 2.32. The number of hydrogen-bond acceptors (Lipinski definition) is 1. The average Bonchev–Trinajstić information content (AvgIpc) is 2.52. The number of aryl methyl sites for hydroxylation is 2.